The molecule has 0 saturated carbocycles. The van der Waals surface area contributed by atoms with Gasteiger partial charge in [0, 0.05) is 10.0 Å². The number of halogens is 1. The average molecular weight is 339 g/mol. The minimum absolute atomic E-state index is 0.624. The molecule has 2 aromatic carbocycles. The van der Waals surface area contributed by atoms with Crippen molar-refractivity contribution in [2.24, 2.45) is 0 Å². The molecule has 2 heterocycles. The number of benzene rings is 2. The fraction of sp³-hybridized carbons (Fsp3) is 0.0588. The fourth-order valence-electron chi connectivity index (χ4n) is 2.50. The highest BCUT2D eigenvalue weighted by Gasteiger charge is 2.16. The van der Waals surface area contributed by atoms with Crippen LogP contribution < -0.4 is 0 Å². The monoisotopic (exact) mass is 338 g/mol. The van der Waals surface area contributed by atoms with E-state index in [0.29, 0.717) is 5.89 Å². The number of hydrogen-bond acceptors (Lipinski definition) is 3. The Morgan fingerprint density at radius 1 is 0.952 bits per heavy atom. The first-order valence-electron chi connectivity index (χ1n) is 6.65. The highest BCUT2D eigenvalue weighted by atomic mass is 79.9. The lowest BCUT2D eigenvalue weighted by Gasteiger charge is -2.01. The SMILES string of the molecule is Cc1nc2cccc(Br)c2c2oc(-c3ccccc3)nc12. The second-order valence-electron chi connectivity index (χ2n) is 4.89. The van der Waals surface area contributed by atoms with E-state index in [1.54, 1.807) is 0 Å². The molecule has 0 atom stereocenters. The van der Waals surface area contributed by atoms with Crippen molar-refractivity contribution < 1.29 is 4.42 Å². The Kier molecular flexibility index (Phi) is 2.79. The smallest absolute Gasteiger partial charge is 0.227 e. The number of pyridine rings is 1. The highest BCUT2D eigenvalue weighted by Crippen LogP contribution is 2.34. The topological polar surface area (TPSA) is 38.9 Å². The fourth-order valence-corrected chi connectivity index (χ4v) is 3.04. The molecule has 0 N–H and O–H groups in total. The number of aryl methyl sites for hydroxylation is 1. The van der Waals surface area contributed by atoms with Crippen LogP contribution >= 0.6 is 15.9 Å². The zero-order valence-electron chi connectivity index (χ0n) is 11.3. The number of oxazole rings is 1. The molecule has 3 nitrogen and oxygen atoms in total. The third-order valence-electron chi connectivity index (χ3n) is 3.50. The summed E-state index contributed by atoms with van der Waals surface area (Å²) in [4.78, 5) is 9.24. The summed E-state index contributed by atoms with van der Waals surface area (Å²) in [6.07, 6.45) is 0. The summed E-state index contributed by atoms with van der Waals surface area (Å²) in [5.74, 6) is 0.624. The van der Waals surface area contributed by atoms with Crippen molar-refractivity contribution in [2.75, 3.05) is 0 Å². The number of fused-ring (bicyclic) bond motifs is 3. The number of hydrogen-bond donors (Lipinski definition) is 0. The van der Waals surface area contributed by atoms with Crippen LogP contribution in [-0.2, 0) is 0 Å². The van der Waals surface area contributed by atoms with Crippen LogP contribution in [0.2, 0.25) is 0 Å². The molecule has 4 aromatic rings. The lowest BCUT2D eigenvalue weighted by atomic mass is 10.2. The van der Waals surface area contributed by atoms with Gasteiger partial charge in [0.2, 0.25) is 5.89 Å². The molecule has 4 rings (SSSR count). The van der Waals surface area contributed by atoms with E-state index >= 15 is 0 Å². The van der Waals surface area contributed by atoms with Crippen LogP contribution in [0.3, 0.4) is 0 Å². The summed E-state index contributed by atoms with van der Waals surface area (Å²) in [7, 11) is 0. The van der Waals surface area contributed by atoms with E-state index in [0.717, 1.165) is 37.7 Å². The van der Waals surface area contributed by atoms with Gasteiger partial charge in [-0.25, -0.2) is 4.98 Å². The molecular weight excluding hydrogens is 328 g/mol. The Bertz CT molecular complexity index is 961. The molecule has 0 aliphatic rings. The van der Waals surface area contributed by atoms with E-state index in [1.165, 1.54) is 0 Å². The average Bonchev–Trinajstić information content (AvgIpc) is 2.94. The first-order valence-corrected chi connectivity index (χ1v) is 7.44. The number of nitrogens with zero attached hydrogens (tertiary/aromatic N) is 2. The lowest BCUT2D eigenvalue weighted by molar-refractivity contribution is 0.622. The minimum atomic E-state index is 0.624. The summed E-state index contributed by atoms with van der Waals surface area (Å²) in [5.41, 5.74) is 4.34. The first kappa shape index (κ1) is 12.5. The van der Waals surface area contributed by atoms with E-state index in [4.69, 9.17) is 4.42 Å². The molecule has 102 valence electrons. The third kappa shape index (κ3) is 1.94. The van der Waals surface area contributed by atoms with Crippen LogP contribution in [0.5, 0.6) is 0 Å². The molecule has 21 heavy (non-hydrogen) atoms. The van der Waals surface area contributed by atoms with E-state index < -0.39 is 0 Å². The Labute approximate surface area is 129 Å². The van der Waals surface area contributed by atoms with Crippen LogP contribution in [-0.4, -0.2) is 9.97 Å². The van der Waals surface area contributed by atoms with Crippen molar-refractivity contribution in [3.63, 3.8) is 0 Å². The van der Waals surface area contributed by atoms with E-state index in [9.17, 15) is 0 Å². The number of aromatic nitrogens is 2. The molecule has 0 saturated heterocycles. The largest absolute Gasteiger partial charge is 0.435 e. The number of rotatable bonds is 1. The zero-order valence-corrected chi connectivity index (χ0v) is 12.9. The van der Waals surface area contributed by atoms with Gasteiger partial charge in [0.05, 0.1) is 16.6 Å². The minimum Gasteiger partial charge on any atom is -0.435 e. The molecule has 0 aliphatic carbocycles. The molecule has 0 bridgehead atoms. The Hall–Kier alpha value is -2.20. The highest BCUT2D eigenvalue weighted by molar-refractivity contribution is 9.10. The summed E-state index contributed by atoms with van der Waals surface area (Å²) in [6, 6.07) is 15.9. The van der Waals surface area contributed by atoms with Gasteiger partial charge in [0.1, 0.15) is 5.52 Å². The molecule has 0 fully saturated rings. The molecular formula is C17H11BrN2O. The van der Waals surface area contributed by atoms with Crippen LogP contribution in [0.1, 0.15) is 5.69 Å². The van der Waals surface area contributed by atoms with Crippen LogP contribution in [0.4, 0.5) is 0 Å². The van der Waals surface area contributed by atoms with Crippen LogP contribution in [0, 0.1) is 6.92 Å². The second-order valence-corrected chi connectivity index (χ2v) is 5.75. The van der Waals surface area contributed by atoms with E-state index in [2.05, 4.69) is 25.9 Å². The summed E-state index contributed by atoms with van der Waals surface area (Å²) in [5, 5.41) is 0.966. The summed E-state index contributed by atoms with van der Waals surface area (Å²) in [6.45, 7) is 1.96. The van der Waals surface area contributed by atoms with Crippen molar-refractivity contribution in [3.05, 3.63) is 58.7 Å². The van der Waals surface area contributed by atoms with Crippen molar-refractivity contribution in [1.29, 1.82) is 0 Å². The van der Waals surface area contributed by atoms with E-state index in [1.807, 2.05) is 55.5 Å². The molecule has 0 aliphatic heterocycles. The third-order valence-corrected chi connectivity index (χ3v) is 4.16. The maximum Gasteiger partial charge on any atom is 0.227 e. The van der Waals surface area contributed by atoms with Crippen molar-refractivity contribution in [1.82, 2.24) is 9.97 Å². The molecule has 0 radical (unpaired) electrons. The van der Waals surface area contributed by atoms with Gasteiger partial charge in [-0.2, -0.15) is 0 Å². The summed E-state index contributed by atoms with van der Waals surface area (Å²) >= 11 is 3.58. The van der Waals surface area contributed by atoms with Crippen LogP contribution in [0.15, 0.2) is 57.4 Å². The predicted molar refractivity (Wildman–Crippen MR) is 87.2 cm³/mol. The van der Waals surface area contributed by atoms with Crippen LogP contribution in [0.25, 0.3) is 33.5 Å². The molecule has 0 spiro atoms. The summed E-state index contributed by atoms with van der Waals surface area (Å²) < 4.78 is 7.01. The zero-order chi connectivity index (χ0) is 14.4. The predicted octanol–water partition coefficient (Wildman–Crippen LogP) is 5.11. The van der Waals surface area contributed by atoms with Gasteiger partial charge in [0.15, 0.2) is 5.58 Å². The van der Waals surface area contributed by atoms with Gasteiger partial charge in [-0.1, -0.05) is 24.3 Å². The maximum atomic E-state index is 6.05. The standard InChI is InChI=1S/C17H11BrN2O/c1-10-15-16(14-12(18)8-5-9-13(14)19-10)21-17(20-15)11-6-3-2-4-7-11/h2-9H,1H3. The van der Waals surface area contributed by atoms with Gasteiger partial charge in [-0.15, -0.1) is 0 Å². The normalized spacial score (nSPS) is 11.3. The molecule has 0 amide bonds. The van der Waals surface area contributed by atoms with Crippen molar-refractivity contribution in [3.8, 4) is 11.5 Å². The quantitative estimate of drug-likeness (QED) is 0.483. The van der Waals surface area contributed by atoms with Crippen molar-refractivity contribution in [2.45, 2.75) is 6.92 Å². The first-order chi connectivity index (χ1) is 10.2. The second kappa shape index (κ2) is 4.67. The van der Waals surface area contributed by atoms with E-state index in [-0.39, 0.29) is 0 Å². The van der Waals surface area contributed by atoms with Gasteiger partial charge in [-0.3, -0.25) is 4.98 Å². The van der Waals surface area contributed by atoms with Gasteiger partial charge in [0.25, 0.3) is 0 Å². The van der Waals surface area contributed by atoms with Crippen molar-refractivity contribution >= 4 is 37.9 Å². The lowest BCUT2D eigenvalue weighted by Crippen LogP contribution is -1.87. The molecule has 0 unspecified atom stereocenters. The molecule has 2 aromatic heterocycles. The van der Waals surface area contributed by atoms with Gasteiger partial charge in [-0.05, 0) is 47.1 Å². The Balaban J connectivity index is 2.12. The van der Waals surface area contributed by atoms with Gasteiger partial charge < -0.3 is 4.42 Å². The van der Waals surface area contributed by atoms with Gasteiger partial charge >= 0.3 is 0 Å². The Morgan fingerprint density at radius 2 is 1.76 bits per heavy atom. The molecule has 4 heteroatoms. The Morgan fingerprint density at radius 3 is 2.57 bits per heavy atom. The maximum absolute atomic E-state index is 6.05.